The molecular weight excluding hydrogens is 1790 g/mol. The average molecular weight is 1900 g/mol. The standard InChI is InChI=1S/C81H105N7O24S2.2C2H4O2.Gd/c1-9-49-50(10-2)56-37-58-52(16-13-19-89)47(4)63(87-58)44-84-60-39-66(108-31-29-106-27-25-104-23-21-101-7)65(107-30-28-105-26-24-103-22-20-100-6)38-59(60)83-43-62-46(3)51(57(86-62)36-55(49)85-56)15-12-18-82-79(97)109-32-34-113-114-35-33-110-80(98)88-61-40-69(111-48(5)74(61)92)112-67-42-81(99,68(91)45-90)41-54-71(67)78(96)73-72(76(54)94)75(93)53-14-11-17-64(102-8)70(53)77(73)95;2*1-2(3)4;/h11,14,17,36,38-39,43-44,48,58,61,67,69,74,89-90,92,99H,9-10,12-13,15-16,18-35,37,40-42,45H2,1-8H3,(H5,82,83,84,85,86,87,88,93,94,95,96,97,98);2*1H3,(H,3,4);/p-1/t48-,58?,61-,67?,69+,74+,81?;;;/m0.../s1. The minimum Gasteiger partial charge on any atom is -0.661 e. The third kappa shape index (κ3) is 28.4. The largest absolute Gasteiger partial charge is 0.661 e. The molecule has 676 valence electrons. The van der Waals surface area contributed by atoms with Crippen LogP contribution in [0.4, 0.5) is 21.0 Å². The third-order valence-corrected chi connectivity index (χ3v) is 22.6. The molecule has 1 fully saturated rings. The van der Waals surface area contributed by atoms with Gasteiger partial charge in [0.25, 0.3) is 11.9 Å². The van der Waals surface area contributed by atoms with Gasteiger partial charge in [-0.2, -0.15) is 5.69 Å². The molecule has 4 aromatic rings. The monoisotopic (exact) mass is 1900 g/mol. The molecule has 3 aromatic carbocycles. The molecule has 0 radical (unpaired) electrons. The Labute approximate surface area is 753 Å². The number of methoxy groups -OCH3 is 3. The zero-order chi connectivity index (χ0) is 88.6. The molecule has 0 saturated carbocycles. The van der Waals surface area contributed by atoms with Gasteiger partial charge in [-0.1, -0.05) is 64.8 Å². The maximum Gasteiger partial charge on any atom is 0.407 e. The van der Waals surface area contributed by atoms with Crippen LogP contribution < -0.4 is 29.8 Å². The van der Waals surface area contributed by atoms with Crippen molar-refractivity contribution >= 4 is 104 Å². The van der Waals surface area contributed by atoms with Crippen molar-refractivity contribution in [3.05, 3.63) is 114 Å². The second-order valence-electron chi connectivity index (χ2n) is 28.6. The van der Waals surface area contributed by atoms with Crippen molar-refractivity contribution in [1.82, 2.24) is 15.6 Å². The number of ether oxygens (including phenoxy) is 13. The molecule has 2 amide bonds. The van der Waals surface area contributed by atoms with Gasteiger partial charge in [-0.25, -0.2) is 14.6 Å². The number of aliphatic hydroxyl groups excluding tert-OH is 3. The Bertz CT molecular complexity index is 4530. The van der Waals surface area contributed by atoms with Gasteiger partial charge < -0.3 is 118 Å². The fourth-order valence-corrected chi connectivity index (χ4v) is 16.1. The Morgan fingerprint density at radius 3 is 1.84 bits per heavy atom. The van der Waals surface area contributed by atoms with Crippen LogP contribution in [0.3, 0.4) is 0 Å². The summed E-state index contributed by atoms with van der Waals surface area (Å²) in [4.78, 5) is 112. The Balaban J connectivity index is 0.00000221. The van der Waals surface area contributed by atoms with Crippen molar-refractivity contribution in [1.29, 1.82) is 0 Å². The van der Waals surface area contributed by atoms with Crippen molar-refractivity contribution in [3.63, 3.8) is 0 Å². The first-order valence-electron chi connectivity index (χ1n) is 40.2. The number of aliphatic hydroxyl groups is 4. The number of benzene rings is 3. The molecule has 38 heteroatoms. The van der Waals surface area contributed by atoms with Gasteiger partial charge in [0.1, 0.15) is 62.0 Å². The number of ketones is 3. The van der Waals surface area contributed by atoms with E-state index in [1.807, 2.05) is 6.92 Å². The van der Waals surface area contributed by atoms with E-state index < -0.39 is 120 Å². The number of carbonyl (C=O) groups is 7. The van der Waals surface area contributed by atoms with Gasteiger partial charge in [-0.15, -0.1) is 5.69 Å². The number of carboxylic acids is 2. The summed E-state index contributed by atoms with van der Waals surface area (Å²) in [5.41, 5.74) is 6.76. The van der Waals surface area contributed by atoms with Crippen molar-refractivity contribution < 1.29 is 176 Å². The Hall–Kier alpha value is -8.13. The summed E-state index contributed by atoms with van der Waals surface area (Å²) in [6.07, 6.45) is 1.72. The molecule has 6 bridgehead atoms. The smallest absolute Gasteiger partial charge is 0.407 e. The number of aliphatic carboxylic acids is 2. The number of carbonyl (C=O) groups excluding carboxylic acids is 5. The average Bonchev–Trinajstić information content (AvgIpc) is 1.22. The topological polar surface area (TPSA) is 489 Å². The van der Waals surface area contributed by atoms with Crippen LogP contribution in [0, 0.1) is 39.9 Å². The van der Waals surface area contributed by atoms with E-state index in [9.17, 15) is 54.6 Å². The fraction of sp³-hybridized carbons (Fsp3) is 0.541. The van der Waals surface area contributed by atoms with Gasteiger partial charge in [0.05, 0.1) is 155 Å². The van der Waals surface area contributed by atoms with Gasteiger partial charge in [-0.05, 0) is 94.1 Å². The van der Waals surface area contributed by atoms with E-state index in [0.29, 0.717) is 131 Å². The number of aromatic nitrogens is 1. The molecule has 7 atom stereocenters. The molecule has 4 aliphatic heterocycles. The molecule has 6 aliphatic rings. The van der Waals surface area contributed by atoms with Crippen LogP contribution in [0.5, 0.6) is 28.7 Å². The molecule has 0 spiro atoms. The number of carboxylic acid groups (broad SMARTS) is 2. The summed E-state index contributed by atoms with van der Waals surface area (Å²) < 4.78 is 74.4. The number of nitrogens with zero attached hydrogens (tertiary/aromatic N) is 5. The van der Waals surface area contributed by atoms with Gasteiger partial charge in [0.15, 0.2) is 29.4 Å². The molecule has 1 saturated heterocycles. The minimum atomic E-state index is -2.40. The third-order valence-electron chi connectivity index (χ3n) is 20.3. The number of phenolic OH excluding ortho intramolecular Hbond substituents is 2. The number of hydrogen-bond donors (Lipinski definition) is 10. The number of allylic oxidation sites excluding steroid dienone is 3. The summed E-state index contributed by atoms with van der Waals surface area (Å²) in [6, 6.07) is 6.57. The fourth-order valence-electron chi connectivity index (χ4n) is 14.5. The number of aliphatic imine (C=N–C) groups is 4. The van der Waals surface area contributed by atoms with Crippen LogP contribution in [-0.2, 0) is 87.4 Å². The molecular formula is C85H112GdN7O28S2-. The van der Waals surface area contributed by atoms with E-state index in [1.54, 1.807) is 38.8 Å². The van der Waals surface area contributed by atoms with Gasteiger partial charge in [0, 0.05) is 141 Å². The van der Waals surface area contributed by atoms with E-state index >= 15 is 0 Å². The first-order chi connectivity index (χ1) is 58.7. The summed E-state index contributed by atoms with van der Waals surface area (Å²) in [5.74, 6) is -4.35. The number of alkyl carbamates (subject to hydrolysis) is 2. The van der Waals surface area contributed by atoms with Gasteiger partial charge >= 0.3 is 12.2 Å². The first kappa shape index (κ1) is 102. The van der Waals surface area contributed by atoms with Crippen molar-refractivity contribution in [2.75, 3.05) is 145 Å². The van der Waals surface area contributed by atoms with Crippen LogP contribution in [0.1, 0.15) is 159 Å². The zero-order valence-corrected chi connectivity index (χ0v) is 74.6. The maximum absolute atomic E-state index is 14.2. The van der Waals surface area contributed by atoms with Crippen LogP contribution in [0.25, 0.3) is 6.08 Å². The Kier molecular flexibility index (Phi) is 42.7. The minimum absolute atomic E-state index is 0. The Morgan fingerprint density at radius 1 is 0.699 bits per heavy atom. The molecule has 3 unspecified atom stereocenters. The Morgan fingerprint density at radius 2 is 1.27 bits per heavy atom. The first-order valence-corrected chi connectivity index (χ1v) is 42.7. The number of aromatic hydroxyl groups is 2. The van der Waals surface area contributed by atoms with Crippen molar-refractivity contribution in [2.24, 2.45) is 20.0 Å². The van der Waals surface area contributed by atoms with Crippen LogP contribution >= 0.6 is 21.6 Å². The molecule has 5 heterocycles. The SMILES string of the molecule is CC(=O)O.CC(=O)O.CCc1c2[n-]c(c1CC)CC1N=C(C=Nc3cc(OCCOCCOCCOC)c(OCCOCCOCCOC)cc3N=CC3=N/C(=C\2)C(CCCNC(=O)OCCSSCCOC(=O)N[C@H]2C[C@@H](OC4CC(O)(C(=O)CO)Cc5c(O)c6c(c(O)c54)C(=O)c4c(OC)cccc4C6=O)O[C@@H](C)[C@H]2O)=C3C)C(C)=C1CCCO.[Gd]. The second kappa shape index (κ2) is 51.5. The number of amides is 2. The molecule has 10 N–H and O–H groups in total. The van der Waals surface area contributed by atoms with Gasteiger partial charge in [0.2, 0.25) is 5.78 Å². The molecule has 10 rings (SSSR count). The zero-order valence-electron chi connectivity index (χ0n) is 70.7. The molecule has 1 aromatic heterocycles. The maximum atomic E-state index is 14.2. The number of Topliss-reactive ketones (excluding diaryl/α,β-unsaturated/α-hetero) is 1. The predicted octanol–water partition coefficient (Wildman–Crippen LogP) is 8.42. The number of rotatable bonds is 42. The van der Waals surface area contributed by atoms with E-state index in [4.69, 9.17) is 106 Å². The molecule has 2 aliphatic carbocycles. The van der Waals surface area contributed by atoms with E-state index in [-0.39, 0.29) is 133 Å². The van der Waals surface area contributed by atoms with Crippen molar-refractivity contribution in [3.8, 4) is 28.7 Å². The summed E-state index contributed by atoms with van der Waals surface area (Å²) in [7, 11) is 7.30. The number of nitrogens with one attached hydrogen (secondary N) is 2. The van der Waals surface area contributed by atoms with Crippen molar-refractivity contribution in [2.45, 2.75) is 155 Å². The van der Waals surface area contributed by atoms with Crippen LogP contribution in [0.15, 0.2) is 78.3 Å². The van der Waals surface area contributed by atoms with E-state index in [1.165, 1.54) is 59.4 Å². The normalized spacial score (nSPS) is 19.7. The summed E-state index contributed by atoms with van der Waals surface area (Å²) >= 11 is 0. The number of fused-ring (bicyclic) bond motifs is 8. The molecule has 123 heavy (non-hydrogen) atoms. The summed E-state index contributed by atoms with van der Waals surface area (Å²) in [5, 5.41) is 87.0. The van der Waals surface area contributed by atoms with E-state index in [0.717, 1.165) is 71.6 Å². The van der Waals surface area contributed by atoms with Crippen LogP contribution in [0.2, 0.25) is 0 Å². The van der Waals surface area contributed by atoms with Crippen LogP contribution in [-0.4, -0.2) is 287 Å². The second-order valence-corrected chi connectivity index (χ2v) is 31.3. The van der Waals surface area contributed by atoms with E-state index in [2.05, 4.69) is 37.5 Å². The predicted molar refractivity (Wildman–Crippen MR) is 454 cm³/mol. The number of hydrogen-bond acceptors (Lipinski definition) is 32. The molecule has 35 nitrogen and oxygen atoms in total. The van der Waals surface area contributed by atoms with Gasteiger partial charge in [-0.3, -0.25) is 38.9 Å². The quantitative estimate of drug-likeness (QED) is 0.00995. The number of phenols is 2. The summed E-state index contributed by atoms with van der Waals surface area (Å²) in [6.45, 7) is 15.5.